The number of imidazole rings is 1. The molecule has 2 aromatic heterocycles. The van der Waals surface area contributed by atoms with Crippen LogP contribution in [0.1, 0.15) is 12.6 Å². The fraction of sp³-hybridized carbons (Fsp3) is 0.643. The highest BCUT2D eigenvalue weighted by atomic mass is 32.1. The zero-order valence-electron chi connectivity index (χ0n) is 12.5. The second-order valence-electron chi connectivity index (χ2n) is 5.32. The van der Waals surface area contributed by atoms with E-state index in [2.05, 4.69) is 26.5 Å². The van der Waals surface area contributed by atoms with E-state index in [0.29, 0.717) is 11.9 Å². The van der Waals surface area contributed by atoms with Crippen molar-refractivity contribution in [2.75, 3.05) is 40.0 Å². The van der Waals surface area contributed by atoms with E-state index < -0.39 is 0 Å². The third kappa shape index (κ3) is 3.37. The largest absolute Gasteiger partial charge is 0.480 e. The van der Waals surface area contributed by atoms with Crippen LogP contribution < -0.4 is 10.1 Å². The minimum absolute atomic E-state index is 0.414. The highest BCUT2D eigenvalue weighted by Crippen LogP contribution is 2.22. The first kappa shape index (κ1) is 14.8. The molecule has 21 heavy (non-hydrogen) atoms. The number of fused-ring (bicyclic) bond motifs is 1. The zero-order valence-corrected chi connectivity index (χ0v) is 13.4. The standard InChI is InChI=1S/C14H22N4O2S/c1-11(10-17-3-6-20-7-4-17)15-9-12-13(19-2)16-14-18(12)5-8-21-14/h5,8,11,15H,3-4,6-7,9-10H2,1-2H3. The molecule has 0 spiro atoms. The third-order valence-electron chi connectivity index (χ3n) is 3.77. The summed E-state index contributed by atoms with van der Waals surface area (Å²) in [7, 11) is 1.67. The number of nitrogens with one attached hydrogen (secondary N) is 1. The van der Waals surface area contributed by atoms with Crippen molar-refractivity contribution in [2.24, 2.45) is 0 Å². The first-order valence-corrected chi connectivity index (χ1v) is 8.18. The second kappa shape index (κ2) is 6.74. The SMILES string of the molecule is COc1nc2sccn2c1CNC(C)CN1CCOCC1. The maximum absolute atomic E-state index is 5.38. The van der Waals surface area contributed by atoms with Gasteiger partial charge in [0.2, 0.25) is 5.88 Å². The molecule has 7 heteroatoms. The van der Waals surface area contributed by atoms with Gasteiger partial charge in [-0.25, -0.2) is 0 Å². The summed E-state index contributed by atoms with van der Waals surface area (Å²) in [6.45, 7) is 7.75. The van der Waals surface area contributed by atoms with Gasteiger partial charge in [-0.05, 0) is 6.92 Å². The van der Waals surface area contributed by atoms with Crippen molar-refractivity contribution >= 4 is 16.3 Å². The number of morpholine rings is 1. The van der Waals surface area contributed by atoms with Gasteiger partial charge in [-0.3, -0.25) is 9.30 Å². The van der Waals surface area contributed by atoms with Gasteiger partial charge in [-0.1, -0.05) is 0 Å². The van der Waals surface area contributed by atoms with Gasteiger partial charge in [0, 0.05) is 43.8 Å². The molecule has 3 heterocycles. The summed E-state index contributed by atoms with van der Waals surface area (Å²) in [5, 5.41) is 5.61. The number of rotatable bonds is 6. The average Bonchev–Trinajstić information content (AvgIpc) is 3.06. The second-order valence-corrected chi connectivity index (χ2v) is 6.19. The van der Waals surface area contributed by atoms with Gasteiger partial charge in [-0.2, -0.15) is 4.98 Å². The first-order chi connectivity index (χ1) is 10.3. The van der Waals surface area contributed by atoms with E-state index in [1.54, 1.807) is 18.4 Å². The molecule has 1 saturated heterocycles. The maximum Gasteiger partial charge on any atom is 0.237 e. The predicted molar refractivity (Wildman–Crippen MR) is 83.2 cm³/mol. The summed E-state index contributed by atoms with van der Waals surface area (Å²) < 4.78 is 12.9. The normalized spacial score (nSPS) is 18.2. The quantitative estimate of drug-likeness (QED) is 0.869. The van der Waals surface area contributed by atoms with Crippen molar-refractivity contribution in [3.63, 3.8) is 0 Å². The van der Waals surface area contributed by atoms with Crippen LogP contribution in [-0.4, -0.2) is 60.3 Å². The molecule has 0 radical (unpaired) electrons. The van der Waals surface area contributed by atoms with Crippen LogP contribution in [0.5, 0.6) is 5.88 Å². The number of nitrogens with zero attached hydrogens (tertiary/aromatic N) is 3. The smallest absolute Gasteiger partial charge is 0.237 e. The van der Waals surface area contributed by atoms with Crippen molar-refractivity contribution in [3.05, 3.63) is 17.3 Å². The fourth-order valence-corrected chi connectivity index (χ4v) is 3.37. The molecule has 1 fully saturated rings. The van der Waals surface area contributed by atoms with Crippen molar-refractivity contribution in [1.82, 2.24) is 19.6 Å². The van der Waals surface area contributed by atoms with E-state index in [4.69, 9.17) is 9.47 Å². The predicted octanol–water partition coefficient (Wildman–Crippen LogP) is 1.21. The lowest BCUT2D eigenvalue weighted by molar-refractivity contribution is 0.0343. The van der Waals surface area contributed by atoms with E-state index in [1.165, 1.54) is 0 Å². The Balaban J connectivity index is 1.58. The Hall–Kier alpha value is -1.15. The molecule has 3 rings (SSSR count). The van der Waals surface area contributed by atoms with Crippen LogP contribution in [0.25, 0.3) is 4.96 Å². The van der Waals surface area contributed by atoms with Crippen LogP contribution in [0.15, 0.2) is 11.6 Å². The summed E-state index contributed by atoms with van der Waals surface area (Å²) in [4.78, 5) is 7.89. The van der Waals surface area contributed by atoms with Crippen LogP contribution in [0.3, 0.4) is 0 Å². The average molecular weight is 310 g/mol. The first-order valence-electron chi connectivity index (χ1n) is 7.30. The number of hydrogen-bond acceptors (Lipinski definition) is 6. The molecule has 2 aromatic rings. The summed E-state index contributed by atoms with van der Waals surface area (Å²) in [6, 6.07) is 0.414. The number of thiazole rings is 1. The van der Waals surface area contributed by atoms with E-state index >= 15 is 0 Å². The lowest BCUT2D eigenvalue weighted by Crippen LogP contribution is -2.44. The maximum atomic E-state index is 5.38. The molecule has 0 aliphatic carbocycles. The molecule has 6 nitrogen and oxygen atoms in total. The van der Waals surface area contributed by atoms with Gasteiger partial charge in [-0.15, -0.1) is 11.3 Å². The van der Waals surface area contributed by atoms with Crippen LogP contribution in [-0.2, 0) is 11.3 Å². The Bertz CT molecular complexity index is 577. The van der Waals surface area contributed by atoms with E-state index in [9.17, 15) is 0 Å². The molecule has 1 aliphatic rings. The van der Waals surface area contributed by atoms with Gasteiger partial charge in [0.1, 0.15) is 5.69 Å². The molecule has 1 atom stereocenters. The lowest BCUT2D eigenvalue weighted by Gasteiger charge is -2.29. The number of aromatic nitrogens is 2. The summed E-state index contributed by atoms with van der Waals surface area (Å²) in [6.07, 6.45) is 2.04. The van der Waals surface area contributed by atoms with Gasteiger partial charge >= 0.3 is 0 Å². The van der Waals surface area contributed by atoms with Gasteiger partial charge in [0.25, 0.3) is 0 Å². The van der Waals surface area contributed by atoms with Gasteiger partial charge in [0.15, 0.2) is 4.96 Å². The minimum Gasteiger partial charge on any atom is -0.480 e. The van der Waals surface area contributed by atoms with Gasteiger partial charge < -0.3 is 14.8 Å². The molecule has 1 unspecified atom stereocenters. The molecule has 0 amide bonds. The molecular formula is C14H22N4O2S. The fourth-order valence-electron chi connectivity index (χ4n) is 2.64. The van der Waals surface area contributed by atoms with Crippen molar-refractivity contribution in [2.45, 2.75) is 19.5 Å². The monoisotopic (exact) mass is 310 g/mol. The van der Waals surface area contributed by atoms with E-state index in [-0.39, 0.29) is 0 Å². The number of ether oxygens (including phenoxy) is 2. The van der Waals surface area contributed by atoms with Crippen LogP contribution in [0.4, 0.5) is 0 Å². The van der Waals surface area contributed by atoms with Crippen LogP contribution in [0.2, 0.25) is 0 Å². The molecule has 116 valence electrons. The molecule has 1 N–H and O–H groups in total. The van der Waals surface area contributed by atoms with Crippen molar-refractivity contribution < 1.29 is 9.47 Å². The summed E-state index contributed by atoms with van der Waals surface area (Å²) in [5.41, 5.74) is 1.09. The highest BCUT2D eigenvalue weighted by molar-refractivity contribution is 7.15. The molecule has 0 bridgehead atoms. The Morgan fingerprint density at radius 1 is 1.48 bits per heavy atom. The summed E-state index contributed by atoms with van der Waals surface area (Å²) in [5.74, 6) is 0.716. The highest BCUT2D eigenvalue weighted by Gasteiger charge is 2.16. The van der Waals surface area contributed by atoms with E-state index in [1.807, 2.05) is 11.6 Å². The summed E-state index contributed by atoms with van der Waals surface area (Å²) >= 11 is 1.62. The Labute approximate surface area is 128 Å². The molecule has 1 aliphatic heterocycles. The zero-order chi connectivity index (χ0) is 14.7. The Kier molecular flexibility index (Phi) is 4.74. The van der Waals surface area contributed by atoms with Crippen LogP contribution >= 0.6 is 11.3 Å². The third-order valence-corrected chi connectivity index (χ3v) is 4.53. The van der Waals surface area contributed by atoms with Gasteiger partial charge in [0.05, 0.1) is 20.3 Å². The number of hydrogen-bond donors (Lipinski definition) is 1. The van der Waals surface area contributed by atoms with E-state index in [0.717, 1.165) is 50.0 Å². The van der Waals surface area contributed by atoms with Crippen molar-refractivity contribution in [3.8, 4) is 5.88 Å². The lowest BCUT2D eigenvalue weighted by atomic mass is 10.2. The number of methoxy groups -OCH3 is 1. The van der Waals surface area contributed by atoms with Crippen LogP contribution in [0, 0.1) is 0 Å². The topological polar surface area (TPSA) is 51.0 Å². The van der Waals surface area contributed by atoms with Crippen molar-refractivity contribution in [1.29, 1.82) is 0 Å². The Morgan fingerprint density at radius 2 is 2.29 bits per heavy atom. The minimum atomic E-state index is 0.414. The molecule has 0 saturated carbocycles. The molecular weight excluding hydrogens is 288 g/mol. The Morgan fingerprint density at radius 3 is 3.05 bits per heavy atom. The molecule has 0 aromatic carbocycles.